The van der Waals surface area contributed by atoms with Gasteiger partial charge in [-0.1, -0.05) is 18.2 Å². The summed E-state index contributed by atoms with van der Waals surface area (Å²) in [6, 6.07) is 17.1. The van der Waals surface area contributed by atoms with Gasteiger partial charge in [0.1, 0.15) is 11.5 Å². The average Bonchev–Trinajstić information content (AvgIpc) is 3.00. The number of hydrogen-bond donors (Lipinski definition) is 1. The minimum absolute atomic E-state index is 0.186. The molecule has 2 heterocycles. The summed E-state index contributed by atoms with van der Waals surface area (Å²) >= 11 is 0. The number of ether oxygens (including phenoxy) is 3. The van der Waals surface area contributed by atoms with Crippen molar-refractivity contribution in [2.45, 2.75) is 6.92 Å². The van der Waals surface area contributed by atoms with Gasteiger partial charge in [-0.05, 0) is 37.3 Å². The maximum absolute atomic E-state index is 11.5. The minimum Gasteiger partial charge on any atom is -0.457 e. The van der Waals surface area contributed by atoms with Crippen LogP contribution in [0.25, 0.3) is 21.8 Å². The topological polar surface area (TPSA) is 73.4 Å². The van der Waals surface area contributed by atoms with Crippen LogP contribution in [-0.4, -0.2) is 22.7 Å². The molecule has 6 heteroatoms. The van der Waals surface area contributed by atoms with Crippen molar-refractivity contribution in [1.29, 1.82) is 0 Å². The second kappa shape index (κ2) is 6.76. The monoisotopic (exact) mass is 348 g/mol. The molecule has 0 aliphatic rings. The van der Waals surface area contributed by atoms with Gasteiger partial charge in [0.05, 0.1) is 18.3 Å². The first-order chi connectivity index (χ1) is 12.7. The van der Waals surface area contributed by atoms with Gasteiger partial charge in [-0.25, -0.2) is 9.78 Å². The Labute approximate surface area is 149 Å². The van der Waals surface area contributed by atoms with E-state index in [1.165, 1.54) is 0 Å². The van der Waals surface area contributed by atoms with Gasteiger partial charge < -0.3 is 19.2 Å². The quantitative estimate of drug-likeness (QED) is 0.523. The van der Waals surface area contributed by atoms with Crippen LogP contribution in [0.4, 0.5) is 4.79 Å². The molecule has 0 atom stereocenters. The SMILES string of the molecule is CCOC(=O)Oc1cc2c(cn1)[nH]c1ccc(Oc3ccccc3)cc12. The number of pyridine rings is 1. The van der Waals surface area contributed by atoms with Crippen molar-refractivity contribution in [3.05, 3.63) is 60.8 Å². The number of rotatable bonds is 4. The Morgan fingerprint density at radius 3 is 2.62 bits per heavy atom. The Balaban J connectivity index is 1.71. The lowest BCUT2D eigenvalue weighted by atomic mass is 10.2. The van der Waals surface area contributed by atoms with Gasteiger partial charge in [0, 0.05) is 22.4 Å². The van der Waals surface area contributed by atoms with Crippen LogP contribution in [0.15, 0.2) is 60.8 Å². The molecule has 0 aliphatic heterocycles. The lowest BCUT2D eigenvalue weighted by molar-refractivity contribution is 0.103. The summed E-state index contributed by atoms with van der Waals surface area (Å²) in [5, 5.41) is 1.83. The number of nitrogens with zero attached hydrogens (tertiary/aromatic N) is 1. The molecule has 0 aliphatic carbocycles. The molecule has 1 N–H and O–H groups in total. The van der Waals surface area contributed by atoms with E-state index in [9.17, 15) is 4.79 Å². The van der Waals surface area contributed by atoms with E-state index in [0.29, 0.717) is 5.75 Å². The molecule has 0 bridgehead atoms. The highest BCUT2D eigenvalue weighted by Gasteiger charge is 2.11. The standard InChI is InChI=1S/C20H16N2O4/c1-2-24-20(23)26-19-11-16-15-10-14(25-13-6-4-3-5-7-13)8-9-17(15)22-18(16)12-21-19/h3-12,22H,2H2,1H3. The van der Waals surface area contributed by atoms with Crippen molar-refractivity contribution < 1.29 is 19.0 Å². The highest BCUT2D eigenvalue weighted by Crippen LogP contribution is 2.31. The molecule has 0 spiro atoms. The Morgan fingerprint density at radius 1 is 1.00 bits per heavy atom. The minimum atomic E-state index is -0.771. The third-order valence-electron chi connectivity index (χ3n) is 3.86. The molecule has 0 unspecified atom stereocenters. The molecule has 2 aromatic carbocycles. The number of para-hydroxylation sites is 1. The van der Waals surface area contributed by atoms with Crippen LogP contribution >= 0.6 is 0 Å². The Morgan fingerprint density at radius 2 is 1.81 bits per heavy atom. The second-order valence-electron chi connectivity index (χ2n) is 5.60. The second-order valence-corrected chi connectivity index (χ2v) is 5.60. The Kier molecular flexibility index (Phi) is 4.15. The fourth-order valence-electron chi connectivity index (χ4n) is 2.74. The van der Waals surface area contributed by atoms with E-state index in [4.69, 9.17) is 14.2 Å². The van der Waals surface area contributed by atoms with E-state index >= 15 is 0 Å². The summed E-state index contributed by atoms with van der Waals surface area (Å²) in [5.41, 5.74) is 1.78. The van der Waals surface area contributed by atoms with Gasteiger partial charge in [-0.2, -0.15) is 0 Å². The van der Waals surface area contributed by atoms with E-state index in [0.717, 1.165) is 27.6 Å². The smallest absolute Gasteiger partial charge is 0.457 e. The highest BCUT2D eigenvalue weighted by atomic mass is 16.7. The molecule has 4 aromatic rings. The van der Waals surface area contributed by atoms with Crippen LogP contribution in [0, 0.1) is 0 Å². The molecule has 4 rings (SSSR count). The lowest BCUT2D eigenvalue weighted by Crippen LogP contribution is -2.10. The van der Waals surface area contributed by atoms with Crippen LogP contribution in [0.1, 0.15) is 6.92 Å². The molecular formula is C20H16N2O4. The van der Waals surface area contributed by atoms with Crippen LogP contribution in [0.2, 0.25) is 0 Å². The van der Waals surface area contributed by atoms with Crippen molar-refractivity contribution in [3.8, 4) is 17.4 Å². The maximum atomic E-state index is 11.5. The zero-order chi connectivity index (χ0) is 17.9. The number of benzene rings is 2. The number of H-pyrrole nitrogens is 1. The van der Waals surface area contributed by atoms with Gasteiger partial charge in [0.15, 0.2) is 0 Å². The Bertz CT molecular complexity index is 1070. The van der Waals surface area contributed by atoms with E-state index < -0.39 is 6.16 Å². The number of carbonyl (C=O) groups is 1. The molecule has 26 heavy (non-hydrogen) atoms. The molecule has 0 saturated heterocycles. The largest absolute Gasteiger partial charge is 0.515 e. The predicted molar refractivity (Wildman–Crippen MR) is 97.8 cm³/mol. The average molecular weight is 348 g/mol. The molecule has 130 valence electrons. The van der Waals surface area contributed by atoms with Gasteiger partial charge in [-0.15, -0.1) is 0 Å². The molecular weight excluding hydrogens is 332 g/mol. The maximum Gasteiger partial charge on any atom is 0.515 e. The van der Waals surface area contributed by atoms with Gasteiger partial charge in [0.2, 0.25) is 5.88 Å². The van der Waals surface area contributed by atoms with Gasteiger partial charge in [-0.3, -0.25) is 0 Å². The summed E-state index contributed by atoms with van der Waals surface area (Å²) < 4.78 is 15.8. The van der Waals surface area contributed by atoms with E-state index in [1.54, 1.807) is 19.2 Å². The number of aromatic amines is 1. The summed E-state index contributed by atoms with van der Waals surface area (Å²) in [5.74, 6) is 1.67. The van der Waals surface area contributed by atoms with Gasteiger partial charge in [0.25, 0.3) is 0 Å². The van der Waals surface area contributed by atoms with E-state index in [1.807, 2.05) is 48.5 Å². The third kappa shape index (κ3) is 3.17. The summed E-state index contributed by atoms with van der Waals surface area (Å²) in [4.78, 5) is 18.9. The van der Waals surface area contributed by atoms with Crippen molar-refractivity contribution in [2.24, 2.45) is 0 Å². The zero-order valence-electron chi connectivity index (χ0n) is 14.1. The fourth-order valence-corrected chi connectivity index (χ4v) is 2.74. The summed E-state index contributed by atoms with van der Waals surface area (Å²) in [7, 11) is 0. The lowest BCUT2D eigenvalue weighted by Gasteiger charge is -2.05. The Hall–Kier alpha value is -3.54. The number of nitrogens with one attached hydrogen (secondary N) is 1. The number of aromatic nitrogens is 2. The van der Waals surface area contributed by atoms with Crippen LogP contribution in [0.3, 0.4) is 0 Å². The van der Waals surface area contributed by atoms with Crippen molar-refractivity contribution in [1.82, 2.24) is 9.97 Å². The van der Waals surface area contributed by atoms with Crippen LogP contribution < -0.4 is 9.47 Å². The van der Waals surface area contributed by atoms with Crippen molar-refractivity contribution >= 4 is 28.0 Å². The van der Waals surface area contributed by atoms with Crippen molar-refractivity contribution in [3.63, 3.8) is 0 Å². The molecule has 0 fully saturated rings. The number of carbonyl (C=O) groups excluding carboxylic acids is 1. The summed E-state index contributed by atoms with van der Waals surface area (Å²) in [6.07, 6.45) is 0.856. The highest BCUT2D eigenvalue weighted by molar-refractivity contribution is 6.07. The molecule has 2 aromatic heterocycles. The van der Waals surface area contributed by atoms with Crippen LogP contribution in [0.5, 0.6) is 17.4 Å². The molecule has 6 nitrogen and oxygen atoms in total. The normalized spacial score (nSPS) is 10.8. The zero-order valence-corrected chi connectivity index (χ0v) is 14.1. The van der Waals surface area contributed by atoms with Crippen molar-refractivity contribution in [2.75, 3.05) is 6.61 Å². The molecule has 0 amide bonds. The number of fused-ring (bicyclic) bond motifs is 3. The fraction of sp³-hybridized carbons (Fsp3) is 0.100. The van der Waals surface area contributed by atoms with Gasteiger partial charge >= 0.3 is 6.16 Å². The van der Waals surface area contributed by atoms with E-state index in [-0.39, 0.29) is 12.5 Å². The molecule has 0 saturated carbocycles. The summed E-state index contributed by atoms with van der Waals surface area (Å²) in [6.45, 7) is 1.96. The van der Waals surface area contributed by atoms with E-state index in [2.05, 4.69) is 9.97 Å². The van der Waals surface area contributed by atoms with Crippen LogP contribution in [-0.2, 0) is 4.74 Å². The first-order valence-corrected chi connectivity index (χ1v) is 8.22. The predicted octanol–water partition coefficient (Wildman–Crippen LogP) is 5.04. The third-order valence-corrected chi connectivity index (χ3v) is 3.86. The molecule has 0 radical (unpaired) electrons. The number of hydrogen-bond acceptors (Lipinski definition) is 5. The first-order valence-electron chi connectivity index (χ1n) is 8.22. The first kappa shape index (κ1) is 16.0.